The molecule has 0 aliphatic rings. The molecule has 0 bridgehead atoms. The Labute approximate surface area is 101 Å². The summed E-state index contributed by atoms with van der Waals surface area (Å²) < 4.78 is 5.17. The number of carbonyl (C=O) groups excluding carboxylic acids is 1. The van der Waals surface area contributed by atoms with Gasteiger partial charge in [-0.05, 0) is 12.5 Å². The zero-order valence-corrected chi connectivity index (χ0v) is 10.1. The summed E-state index contributed by atoms with van der Waals surface area (Å²) in [5.41, 5.74) is 0.682. The summed E-state index contributed by atoms with van der Waals surface area (Å²) in [6, 6.07) is 8.59. The number of ether oxygens (including phenoxy) is 1. The lowest BCUT2D eigenvalue weighted by Gasteiger charge is -2.14. The highest BCUT2D eigenvalue weighted by Gasteiger charge is 2.16. The van der Waals surface area contributed by atoms with Crippen molar-refractivity contribution in [1.82, 2.24) is 5.32 Å². The van der Waals surface area contributed by atoms with Crippen molar-refractivity contribution in [2.75, 3.05) is 7.11 Å². The molecule has 0 fully saturated rings. The summed E-state index contributed by atoms with van der Waals surface area (Å²) in [4.78, 5) is 11.5. The average molecular weight is 232 g/mol. The van der Waals surface area contributed by atoms with Crippen LogP contribution in [0.1, 0.15) is 31.4 Å². The number of para-hydroxylation sites is 1. The number of benzene rings is 1. The molecule has 1 aromatic rings. The van der Waals surface area contributed by atoms with Gasteiger partial charge in [0.25, 0.3) is 0 Å². The summed E-state index contributed by atoms with van der Waals surface area (Å²) >= 11 is 0. The second kappa shape index (κ2) is 6.54. The minimum absolute atomic E-state index is 0.120. The van der Waals surface area contributed by atoms with Gasteiger partial charge < -0.3 is 10.1 Å². The minimum Gasteiger partial charge on any atom is -0.496 e. The van der Waals surface area contributed by atoms with E-state index in [0.29, 0.717) is 17.7 Å². The van der Waals surface area contributed by atoms with E-state index in [0.717, 1.165) is 6.42 Å². The number of amides is 1. The second-order valence-electron chi connectivity index (χ2n) is 3.62. The van der Waals surface area contributed by atoms with Crippen LogP contribution in [0.25, 0.3) is 0 Å². The Morgan fingerprint density at radius 3 is 2.82 bits per heavy atom. The summed E-state index contributed by atoms with van der Waals surface area (Å²) in [5, 5.41) is 11.8. The van der Waals surface area contributed by atoms with E-state index >= 15 is 0 Å². The fraction of sp³-hybridized carbons (Fsp3) is 0.385. The molecule has 1 amide bonds. The van der Waals surface area contributed by atoms with Crippen molar-refractivity contribution < 1.29 is 9.53 Å². The van der Waals surface area contributed by atoms with Gasteiger partial charge in [0.05, 0.1) is 13.2 Å². The number of carbonyl (C=O) groups is 1. The first-order chi connectivity index (χ1) is 8.22. The molecule has 1 aromatic carbocycles. The molecule has 0 radical (unpaired) electrons. The van der Waals surface area contributed by atoms with E-state index in [1.54, 1.807) is 19.2 Å². The molecule has 0 spiro atoms. The van der Waals surface area contributed by atoms with Crippen LogP contribution in [-0.2, 0) is 4.79 Å². The van der Waals surface area contributed by atoms with Gasteiger partial charge in [-0.15, -0.1) is 0 Å². The number of nitrogens with one attached hydrogen (secondary N) is 1. The Hall–Kier alpha value is -2.02. The smallest absolute Gasteiger partial charge is 0.221 e. The Kier molecular flexibility index (Phi) is 5.02. The van der Waals surface area contributed by atoms with Gasteiger partial charge in [-0.3, -0.25) is 4.79 Å². The number of hydrogen-bond acceptors (Lipinski definition) is 3. The van der Waals surface area contributed by atoms with Crippen LogP contribution in [0.2, 0.25) is 0 Å². The van der Waals surface area contributed by atoms with E-state index in [9.17, 15) is 4.79 Å². The summed E-state index contributed by atoms with van der Waals surface area (Å²) in [5.74, 6) is 0.487. The summed E-state index contributed by atoms with van der Waals surface area (Å²) in [6.45, 7) is 1.92. The van der Waals surface area contributed by atoms with Gasteiger partial charge in [0, 0.05) is 12.0 Å². The molecule has 17 heavy (non-hydrogen) atoms. The van der Waals surface area contributed by atoms with Crippen molar-refractivity contribution >= 4 is 5.91 Å². The Morgan fingerprint density at radius 1 is 1.53 bits per heavy atom. The highest BCUT2D eigenvalue weighted by atomic mass is 16.5. The Bertz CT molecular complexity index is 424. The number of rotatable bonds is 5. The third kappa shape index (κ3) is 3.49. The van der Waals surface area contributed by atoms with Crippen LogP contribution in [0.3, 0.4) is 0 Å². The second-order valence-corrected chi connectivity index (χ2v) is 3.62. The van der Waals surface area contributed by atoms with Crippen molar-refractivity contribution in [3.63, 3.8) is 0 Å². The lowest BCUT2D eigenvalue weighted by Crippen LogP contribution is -2.27. The van der Waals surface area contributed by atoms with Crippen LogP contribution in [0.4, 0.5) is 0 Å². The SMILES string of the molecule is CCCC(=O)NC(C#N)c1ccccc1OC. The van der Waals surface area contributed by atoms with E-state index in [1.165, 1.54) is 0 Å². The maximum absolute atomic E-state index is 11.5. The third-order valence-electron chi connectivity index (χ3n) is 2.36. The lowest BCUT2D eigenvalue weighted by atomic mass is 10.1. The fourth-order valence-corrected chi connectivity index (χ4v) is 1.54. The van der Waals surface area contributed by atoms with Crippen LogP contribution >= 0.6 is 0 Å². The first-order valence-corrected chi connectivity index (χ1v) is 5.54. The molecule has 0 heterocycles. The molecule has 1 unspecified atom stereocenters. The Morgan fingerprint density at radius 2 is 2.24 bits per heavy atom. The molecule has 90 valence electrons. The number of nitrogens with zero attached hydrogens (tertiary/aromatic N) is 1. The first-order valence-electron chi connectivity index (χ1n) is 5.54. The summed E-state index contributed by atoms with van der Waals surface area (Å²) in [6.07, 6.45) is 1.18. The number of nitriles is 1. The molecule has 0 aromatic heterocycles. The highest BCUT2D eigenvalue weighted by Crippen LogP contribution is 2.24. The van der Waals surface area contributed by atoms with Crippen molar-refractivity contribution in [3.8, 4) is 11.8 Å². The van der Waals surface area contributed by atoms with Gasteiger partial charge in [0.1, 0.15) is 11.8 Å². The summed E-state index contributed by atoms with van der Waals surface area (Å²) in [7, 11) is 1.54. The van der Waals surface area contributed by atoms with E-state index < -0.39 is 6.04 Å². The topological polar surface area (TPSA) is 62.1 Å². The number of hydrogen-bond donors (Lipinski definition) is 1. The van der Waals surface area contributed by atoms with Gasteiger partial charge in [0.15, 0.2) is 0 Å². The lowest BCUT2D eigenvalue weighted by molar-refractivity contribution is -0.121. The van der Waals surface area contributed by atoms with Crippen LogP contribution < -0.4 is 10.1 Å². The fourth-order valence-electron chi connectivity index (χ4n) is 1.54. The molecule has 4 heteroatoms. The normalized spacial score (nSPS) is 11.4. The minimum atomic E-state index is -0.662. The Balaban J connectivity index is 2.87. The van der Waals surface area contributed by atoms with Crippen LogP contribution in [0, 0.1) is 11.3 Å². The van der Waals surface area contributed by atoms with Crippen molar-refractivity contribution in [1.29, 1.82) is 5.26 Å². The highest BCUT2D eigenvalue weighted by molar-refractivity contribution is 5.76. The van der Waals surface area contributed by atoms with Gasteiger partial charge >= 0.3 is 0 Å². The third-order valence-corrected chi connectivity index (χ3v) is 2.36. The molecule has 1 rings (SSSR count). The van der Waals surface area contributed by atoms with Crippen molar-refractivity contribution in [2.24, 2.45) is 0 Å². The molecule has 4 nitrogen and oxygen atoms in total. The van der Waals surface area contributed by atoms with E-state index in [4.69, 9.17) is 10.00 Å². The molecular formula is C13H16N2O2. The molecule has 0 saturated heterocycles. The van der Waals surface area contributed by atoms with Gasteiger partial charge in [-0.25, -0.2) is 0 Å². The largest absolute Gasteiger partial charge is 0.496 e. The van der Waals surface area contributed by atoms with Crippen molar-refractivity contribution in [2.45, 2.75) is 25.8 Å². The van der Waals surface area contributed by atoms with E-state index in [2.05, 4.69) is 11.4 Å². The molecule has 0 aliphatic carbocycles. The monoisotopic (exact) mass is 232 g/mol. The molecule has 1 N–H and O–H groups in total. The quantitative estimate of drug-likeness (QED) is 0.846. The van der Waals surface area contributed by atoms with Crippen LogP contribution in [-0.4, -0.2) is 13.0 Å². The standard InChI is InChI=1S/C13H16N2O2/c1-3-6-13(16)15-11(9-14)10-7-4-5-8-12(10)17-2/h4-5,7-8,11H,3,6H2,1-2H3,(H,15,16). The average Bonchev–Trinajstić information content (AvgIpc) is 2.36. The van der Waals surface area contributed by atoms with Crippen LogP contribution in [0.15, 0.2) is 24.3 Å². The molecule has 0 saturated carbocycles. The maximum Gasteiger partial charge on any atom is 0.221 e. The maximum atomic E-state index is 11.5. The zero-order valence-electron chi connectivity index (χ0n) is 10.1. The molecular weight excluding hydrogens is 216 g/mol. The van der Waals surface area contributed by atoms with Gasteiger partial charge in [0.2, 0.25) is 5.91 Å². The van der Waals surface area contributed by atoms with Crippen LogP contribution in [0.5, 0.6) is 5.75 Å². The van der Waals surface area contributed by atoms with E-state index in [-0.39, 0.29) is 5.91 Å². The molecule has 0 aliphatic heterocycles. The zero-order chi connectivity index (χ0) is 12.7. The predicted molar refractivity (Wildman–Crippen MR) is 64.4 cm³/mol. The van der Waals surface area contributed by atoms with Crippen molar-refractivity contribution in [3.05, 3.63) is 29.8 Å². The van der Waals surface area contributed by atoms with Gasteiger partial charge in [-0.2, -0.15) is 5.26 Å². The van der Waals surface area contributed by atoms with Gasteiger partial charge in [-0.1, -0.05) is 25.1 Å². The predicted octanol–water partition coefficient (Wildman–Crippen LogP) is 2.18. The number of methoxy groups -OCH3 is 1. The van der Waals surface area contributed by atoms with E-state index in [1.807, 2.05) is 19.1 Å². The first kappa shape index (κ1) is 13.0. The molecule has 1 atom stereocenters.